The molecule has 2 rings (SSSR count). The molecular formula is C17H22FN3O2. The summed E-state index contributed by atoms with van der Waals surface area (Å²) in [6, 6.07) is 7.64. The van der Waals surface area contributed by atoms with E-state index in [0.29, 0.717) is 5.69 Å². The summed E-state index contributed by atoms with van der Waals surface area (Å²) in [5, 5.41) is 17.1. The molecule has 0 saturated carbocycles. The van der Waals surface area contributed by atoms with Crippen LogP contribution in [-0.4, -0.2) is 32.9 Å². The van der Waals surface area contributed by atoms with Crippen molar-refractivity contribution in [2.24, 2.45) is 5.92 Å². The van der Waals surface area contributed by atoms with Gasteiger partial charge in [0, 0.05) is 12.2 Å². The van der Waals surface area contributed by atoms with Crippen LogP contribution in [-0.2, 0) is 0 Å². The molecule has 2 aromatic rings. The lowest BCUT2D eigenvalue weighted by molar-refractivity contribution is 0.0142. The minimum atomic E-state index is -0.990. The minimum absolute atomic E-state index is 0.00869. The van der Waals surface area contributed by atoms with Gasteiger partial charge in [-0.25, -0.2) is 9.07 Å². The predicted octanol–water partition coefficient (Wildman–Crippen LogP) is 2.46. The second-order valence-electron chi connectivity index (χ2n) is 6.26. The van der Waals surface area contributed by atoms with Crippen LogP contribution < -0.4 is 5.32 Å². The van der Waals surface area contributed by atoms with E-state index in [1.54, 1.807) is 32.0 Å². The van der Waals surface area contributed by atoms with Gasteiger partial charge in [0.25, 0.3) is 5.91 Å². The van der Waals surface area contributed by atoms with E-state index in [9.17, 15) is 14.3 Å². The van der Waals surface area contributed by atoms with E-state index in [4.69, 9.17) is 0 Å². The number of rotatable bonds is 5. The third-order valence-corrected chi connectivity index (χ3v) is 4.02. The van der Waals surface area contributed by atoms with Crippen LogP contribution in [0.1, 0.15) is 37.0 Å². The van der Waals surface area contributed by atoms with Gasteiger partial charge < -0.3 is 10.4 Å². The first-order valence-corrected chi connectivity index (χ1v) is 7.54. The Morgan fingerprint density at radius 3 is 2.74 bits per heavy atom. The lowest BCUT2D eigenvalue weighted by Gasteiger charge is -2.27. The first kappa shape index (κ1) is 17.1. The van der Waals surface area contributed by atoms with Gasteiger partial charge in [0.1, 0.15) is 5.82 Å². The Morgan fingerprint density at radius 2 is 2.13 bits per heavy atom. The molecule has 0 spiro atoms. The molecule has 1 amide bonds. The van der Waals surface area contributed by atoms with E-state index >= 15 is 0 Å². The highest BCUT2D eigenvalue weighted by molar-refractivity contribution is 5.92. The van der Waals surface area contributed by atoms with E-state index in [2.05, 4.69) is 10.4 Å². The van der Waals surface area contributed by atoms with Gasteiger partial charge in [-0.2, -0.15) is 5.10 Å². The number of hydrogen-bond donors (Lipinski definition) is 2. The summed E-state index contributed by atoms with van der Waals surface area (Å²) < 4.78 is 14.8. The maximum Gasteiger partial charge on any atom is 0.271 e. The Bertz CT molecular complexity index is 708. The molecule has 124 valence electrons. The third kappa shape index (κ3) is 3.96. The maximum atomic E-state index is 13.3. The molecule has 0 aliphatic heterocycles. The molecule has 6 heteroatoms. The fourth-order valence-electron chi connectivity index (χ4n) is 2.01. The standard InChI is InChI=1S/C17H22FN3O2/c1-11(2)17(4,23)10-19-16(22)15-8-12(3)21(20-15)14-7-5-6-13(18)9-14/h5-9,11,23H,10H2,1-4H3,(H,19,22). The Hall–Kier alpha value is -2.21. The number of aliphatic hydroxyl groups is 1. The number of carbonyl (C=O) groups is 1. The summed E-state index contributed by atoms with van der Waals surface area (Å²) in [5.41, 5.74) is 0.508. The second-order valence-corrected chi connectivity index (χ2v) is 6.26. The van der Waals surface area contributed by atoms with Gasteiger partial charge >= 0.3 is 0 Å². The Balaban J connectivity index is 2.16. The van der Waals surface area contributed by atoms with Crippen molar-refractivity contribution in [3.63, 3.8) is 0 Å². The van der Waals surface area contributed by atoms with E-state index in [-0.39, 0.29) is 29.9 Å². The molecule has 0 fully saturated rings. The van der Waals surface area contributed by atoms with Crippen LogP contribution >= 0.6 is 0 Å². The molecular weight excluding hydrogens is 297 g/mol. The first-order valence-electron chi connectivity index (χ1n) is 7.54. The van der Waals surface area contributed by atoms with Crippen LogP contribution in [0.4, 0.5) is 4.39 Å². The average Bonchev–Trinajstić information content (AvgIpc) is 2.87. The van der Waals surface area contributed by atoms with Crippen LogP contribution in [0, 0.1) is 18.7 Å². The summed E-state index contributed by atoms with van der Waals surface area (Å²) in [6.07, 6.45) is 0. The van der Waals surface area contributed by atoms with Gasteiger partial charge in [0.2, 0.25) is 0 Å². The molecule has 0 aliphatic rings. The molecule has 1 aromatic carbocycles. The zero-order valence-corrected chi connectivity index (χ0v) is 13.8. The topological polar surface area (TPSA) is 67.2 Å². The zero-order chi connectivity index (χ0) is 17.2. The molecule has 1 heterocycles. The number of amides is 1. The lowest BCUT2D eigenvalue weighted by atomic mass is 9.92. The summed E-state index contributed by atoms with van der Waals surface area (Å²) in [6.45, 7) is 7.37. The van der Waals surface area contributed by atoms with Crippen molar-refractivity contribution in [3.8, 4) is 5.69 Å². The van der Waals surface area contributed by atoms with Crippen LogP contribution in [0.3, 0.4) is 0 Å². The molecule has 1 unspecified atom stereocenters. The van der Waals surface area contributed by atoms with E-state index in [1.165, 1.54) is 16.8 Å². The molecule has 0 bridgehead atoms. The molecule has 1 aromatic heterocycles. The summed E-state index contributed by atoms with van der Waals surface area (Å²) in [7, 11) is 0. The largest absolute Gasteiger partial charge is 0.388 e. The molecule has 0 aliphatic carbocycles. The molecule has 23 heavy (non-hydrogen) atoms. The highest BCUT2D eigenvalue weighted by atomic mass is 19.1. The van der Waals surface area contributed by atoms with Crippen LogP contribution in [0.2, 0.25) is 0 Å². The van der Waals surface area contributed by atoms with Crippen molar-refractivity contribution in [3.05, 3.63) is 47.5 Å². The van der Waals surface area contributed by atoms with Gasteiger partial charge in [0.05, 0.1) is 11.3 Å². The monoisotopic (exact) mass is 319 g/mol. The number of halogens is 1. The van der Waals surface area contributed by atoms with Gasteiger partial charge in [-0.05, 0) is 44.0 Å². The van der Waals surface area contributed by atoms with Crippen molar-refractivity contribution in [2.45, 2.75) is 33.3 Å². The Kier molecular flexibility index (Phi) is 4.85. The van der Waals surface area contributed by atoms with Crippen molar-refractivity contribution >= 4 is 5.91 Å². The Labute approximate surface area is 135 Å². The van der Waals surface area contributed by atoms with Crippen molar-refractivity contribution in [2.75, 3.05) is 6.54 Å². The van der Waals surface area contributed by atoms with Crippen molar-refractivity contribution < 1.29 is 14.3 Å². The molecule has 2 N–H and O–H groups in total. The van der Waals surface area contributed by atoms with Gasteiger partial charge in [0.15, 0.2) is 5.69 Å². The van der Waals surface area contributed by atoms with Gasteiger partial charge in [-0.3, -0.25) is 4.79 Å². The number of aryl methyl sites for hydroxylation is 1. The van der Waals surface area contributed by atoms with E-state index in [0.717, 1.165) is 5.69 Å². The fourth-order valence-corrected chi connectivity index (χ4v) is 2.01. The molecule has 1 atom stereocenters. The maximum absolute atomic E-state index is 13.3. The number of hydrogen-bond acceptors (Lipinski definition) is 3. The summed E-state index contributed by atoms with van der Waals surface area (Å²) >= 11 is 0. The summed E-state index contributed by atoms with van der Waals surface area (Å²) in [5.74, 6) is -0.727. The third-order valence-electron chi connectivity index (χ3n) is 4.02. The van der Waals surface area contributed by atoms with Crippen LogP contribution in [0.5, 0.6) is 0 Å². The van der Waals surface area contributed by atoms with Crippen molar-refractivity contribution in [1.29, 1.82) is 0 Å². The lowest BCUT2D eigenvalue weighted by Crippen LogP contribution is -2.44. The number of benzene rings is 1. The highest BCUT2D eigenvalue weighted by Gasteiger charge is 2.26. The fraction of sp³-hybridized carbons (Fsp3) is 0.412. The molecule has 0 saturated heterocycles. The van der Waals surface area contributed by atoms with Crippen LogP contribution in [0.15, 0.2) is 30.3 Å². The Morgan fingerprint density at radius 1 is 1.43 bits per heavy atom. The van der Waals surface area contributed by atoms with Gasteiger partial charge in [-0.1, -0.05) is 19.9 Å². The molecule has 5 nitrogen and oxygen atoms in total. The number of nitrogens with zero attached hydrogens (tertiary/aromatic N) is 2. The van der Waals surface area contributed by atoms with E-state index in [1.807, 2.05) is 13.8 Å². The number of carbonyl (C=O) groups excluding carboxylic acids is 1. The van der Waals surface area contributed by atoms with Gasteiger partial charge in [-0.15, -0.1) is 0 Å². The predicted molar refractivity (Wildman–Crippen MR) is 86.1 cm³/mol. The smallest absolute Gasteiger partial charge is 0.271 e. The number of nitrogens with one attached hydrogen (secondary N) is 1. The zero-order valence-electron chi connectivity index (χ0n) is 13.8. The SMILES string of the molecule is Cc1cc(C(=O)NCC(C)(O)C(C)C)nn1-c1cccc(F)c1. The summed E-state index contributed by atoms with van der Waals surface area (Å²) in [4.78, 5) is 12.2. The average molecular weight is 319 g/mol. The minimum Gasteiger partial charge on any atom is -0.388 e. The normalized spacial score (nSPS) is 13.9. The number of aromatic nitrogens is 2. The first-order chi connectivity index (χ1) is 10.7. The second kappa shape index (κ2) is 6.50. The molecule has 0 radical (unpaired) electrons. The van der Waals surface area contributed by atoms with Crippen molar-refractivity contribution in [1.82, 2.24) is 15.1 Å². The van der Waals surface area contributed by atoms with E-state index < -0.39 is 5.60 Å². The quantitative estimate of drug-likeness (QED) is 0.889. The highest BCUT2D eigenvalue weighted by Crippen LogP contribution is 2.16. The van der Waals surface area contributed by atoms with Crippen LogP contribution in [0.25, 0.3) is 5.69 Å².